The first kappa shape index (κ1) is 13.8. The highest BCUT2D eigenvalue weighted by atomic mass is 16.2. The Labute approximate surface area is 113 Å². The van der Waals surface area contributed by atoms with Crippen molar-refractivity contribution in [3.63, 3.8) is 0 Å². The standard InChI is InChI=1S/C14H21N3O2/c1-10-7-13(18)12(8-15-10)14(19)17(3)9-11-5-4-6-16(11)2/h7-8,11H,4-6,9H2,1-3H3,(H,15,18). The summed E-state index contributed by atoms with van der Waals surface area (Å²) in [6.07, 6.45) is 3.79. The van der Waals surface area contributed by atoms with Crippen LogP contribution in [0.1, 0.15) is 28.9 Å². The third-order valence-corrected chi connectivity index (χ3v) is 3.79. The molecule has 0 radical (unpaired) electrons. The highest BCUT2D eigenvalue weighted by molar-refractivity contribution is 5.93. The summed E-state index contributed by atoms with van der Waals surface area (Å²) >= 11 is 0. The predicted octanol–water partition coefficient (Wildman–Crippen LogP) is 0.850. The number of aromatic amines is 1. The van der Waals surface area contributed by atoms with Gasteiger partial charge in [0.05, 0.1) is 0 Å². The van der Waals surface area contributed by atoms with Crippen LogP contribution < -0.4 is 5.43 Å². The molecule has 1 N–H and O–H groups in total. The molecule has 1 aromatic rings. The van der Waals surface area contributed by atoms with E-state index in [1.807, 2.05) is 0 Å². The fourth-order valence-corrected chi connectivity index (χ4v) is 2.55. The van der Waals surface area contributed by atoms with E-state index in [0.717, 1.165) is 18.7 Å². The SMILES string of the molecule is Cc1cc(=O)c(C(=O)N(C)CC2CCCN2C)c[nH]1. The number of nitrogens with one attached hydrogen (secondary N) is 1. The van der Waals surface area contributed by atoms with Crippen molar-refractivity contribution >= 4 is 5.91 Å². The number of H-pyrrole nitrogens is 1. The van der Waals surface area contributed by atoms with Gasteiger partial charge in [-0.15, -0.1) is 0 Å². The minimum absolute atomic E-state index is 0.207. The largest absolute Gasteiger partial charge is 0.364 e. The molecule has 1 aromatic heterocycles. The third kappa shape index (κ3) is 3.04. The second kappa shape index (κ2) is 5.57. The highest BCUT2D eigenvalue weighted by Gasteiger charge is 2.25. The molecule has 0 spiro atoms. The van der Waals surface area contributed by atoms with Gasteiger partial charge in [0.1, 0.15) is 5.56 Å². The van der Waals surface area contributed by atoms with Crippen molar-refractivity contribution in [2.24, 2.45) is 0 Å². The molecule has 104 valence electrons. The van der Waals surface area contributed by atoms with Crippen molar-refractivity contribution in [2.75, 3.05) is 27.2 Å². The van der Waals surface area contributed by atoms with Crippen molar-refractivity contribution < 1.29 is 4.79 Å². The summed E-state index contributed by atoms with van der Waals surface area (Å²) in [5.74, 6) is -0.207. The van der Waals surface area contributed by atoms with Gasteiger partial charge in [-0.1, -0.05) is 0 Å². The van der Waals surface area contributed by atoms with E-state index in [0.29, 0.717) is 12.6 Å². The number of likely N-dealkylation sites (tertiary alicyclic amines) is 1. The van der Waals surface area contributed by atoms with Crippen LogP contribution in [0.2, 0.25) is 0 Å². The number of amides is 1. The molecular formula is C14H21N3O2. The number of rotatable bonds is 3. The van der Waals surface area contributed by atoms with Gasteiger partial charge in [-0.25, -0.2) is 0 Å². The first-order valence-electron chi connectivity index (χ1n) is 6.64. The second-order valence-electron chi connectivity index (χ2n) is 5.36. The minimum Gasteiger partial charge on any atom is -0.364 e. The topological polar surface area (TPSA) is 56.4 Å². The van der Waals surface area contributed by atoms with Crippen LogP contribution in [0.5, 0.6) is 0 Å². The number of aryl methyl sites for hydroxylation is 1. The average molecular weight is 263 g/mol. The Morgan fingerprint density at radius 2 is 2.32 bits per heavy atom. The molecule has 1 unspecified atom stereocenters. The Morgan fingerprint density at radius 1 is 1.58 bits per heavy atom. The van der Waals surface area contributed by atoms with E-state index in [4.69, 9.17) is 0 Å². The van der Waals surface area contributed by atoms with Gasteiger partial charge >= 0.3 is 0 Å². The molecule has 1 saturated heterocycles. The summed E-state index contributed by atoms with van der Waals surface area (Å²) < 4.78 is 0. The number of likely N-dealkylation sites (N-methyl/N-ethyl adjacent to an activating group) is 2. The average Bonchev–Trinajstić information content (AvgIpc) is 2.74. The maximum atomic E-state index is 12.3. The van der Waals surface area contributed by atoms with Crippen LogP contribution in [-0.4, -0.2) is 53.9 Å². The maximum Gasteiger partial charge on any atom is 0.259 e. The van der Waals surface area contributed by atoms with Gasteiger partial charge in [-0.2, -0.15) is 0 Å². The molecule has 2 rings (SSSR count). The van der Waals surface area contributed by atoms with Crippen molar-refractivity contribution in [3.8, 4) is 0 Å². The zero-order valence-electron chi connectivity index (χ0n) is 11.8. The first-order valence-corrected chi connectivity index (χ1v) is 6.64. The summed E-state index contributed by atoms with van der Waals surface area (Å²) in [7, 11) is 3.84. The molecule has 0 bridgehead atoms. The number of carbonyl (C=O) groups is 1. The zero-order valence-corrected chi connectivity index (χ0v) is 11.8. The van der Waals surface area contributed by atoms with Crippen molar-refractivity contribution in [1.29, 1.82) is 0 Å². The summed E-state index contributed by atoms with van der Waals surface area (Å²) in [4.78, 5) is 30.9. The fraction of sp³-hybridized carbons (Fsp3) is 0.571. The Balaban J connectivity index is 2.08. The molecule has 1 aliphatic heterocycles. The number of hydrogen-bond donors (Lipinski definition) is 1. The molecule has 0 aromatic carbocycles. The van der Waals surface area contributed by atoms with Crippen LogP contribution in [-0.2, 0) is 0 Å². The Kier molecular flexibility index (Phi) is 4.04. The molecular weight excluding hydrogens is 242 g/mol. The van der Waals surface area contributed by atoms with E-state index in [2.05, 4.69) is 16.9 Å². The third-order valence-electron chi connectivity index (χ3n) is 3.79. The molecule has 5 heteroatoms. The van der Waals surface area contributed by atoms with Gasteiger partial charge in [0.15, 0.2) is 5.43 Å². The number of pyridine rings is 1. The van der Waals surface area contributed by atoms with Crippen LogP contribution in [0.3, 0.4) is 0 Å². The highest BCUT2D eigenvalue weighted by Crippen LogP contribution is 2.15. The summed E-state index contributed by atoms with van der Waals surface area (Å²) in [6, 6.07) is 1.86. The summed E-state index contributed by atoms with van der Waals surface area (Å²) in [5, 5.41) is 0. The maximum absolute atomic E-state index is 12.3. The van der Waals surface area contributed by atoms with E-state index in [1.54, 1.807) is 18.9 Å². The van der Waals surface area contributed by atoms with E-state index in [-0.39, 0.29) is 16.9 Å². The van der Waals surface area contributed by atoms with Crippen LogP contribution in [0.4, 0.5) is 0 Å². The second-order valence-corrected chi connectivity index (χ2v) is 5.36. The number of nitrogens with zero attached hydrogens (tertiary/aromatic N) is 2. The van der Waals surface area contributed by atoms with Gasteiger partial charge in [0.25, 0.3) is 5.91 Å². The molecule has 0 aliphatic carbocycles. The van der Waals surface area contributed by atoms with Crippen LogP contribution in [0, 0.1) is 6.92 Å². The molecule has 0 saturated carbocycles. The minimum atomic E-state index is -0.215. The molecule has 1 amide bonds. The Bertz CT molecular complexity index is 524. The lowest BCUT2D eigenvalue weighted by Crippen LogP contribution is -2.40. The van der Waals surface area contributed by atoms with Crippen molar-refractivity contribution in [3.05, 3.63) is 33.7 Å². The van der Waals surface area contributed by atoms with Gasteiger partial charge in [-0.3, -0.25) is 9.59 Å². The lowest BCUT2D eigenvalue weighted by atomic mass is 10.2. The monoisotopic (exact) mass is 263 g/mol. The number of carbonyl (C=O) groups excluding carboxylic acids is 1. The molecule has 2 heterocycles. The van der Waals surface area contributed by atoms with E-state index in [9.17, 15) is 9.59 Å². The first-order chi connectivity index (χ1) is 8.99. The summed E-state index contributed by atoms with van der Waals surface area (Å²) in [5.41, 5.74) is 0.765. The van der Waals surface area contributed by atoms with Gasteiger partial charge < -0.3 is 14.8 Å². The molecule has 5 nitrogen and oxygen atoms in total. The van der Waals surface area contributed by atoms with E-state index >= 15 is 0 Å². The predicted molar refractivity (Wildman–Crippen MR) is 74.4 cm³/mol. The quantitative estimate of drug-likeness (QED) is 0.879. The number of hydrogen-bond acceptors (Lipinski definition) is 3. The van der Waals surface area contributed by atoms with Crippen molar-refractivity contribution in [2.45, 2.75) is 25.8 Å². The fourth-order valence-electron chi connectivity index (χ4n) is 2.55. The van der Waals surface area contributed by atoms with Gasteiger partial charge in [0.2, 0.25) is 0 Å². The van der Waals surface area contributed by atoms with Crippen LogP contribution in [0.15, 0.2) is 17.1 Å². The molecule has 19 heavy (non-hydrogen) atoms. The normalized spacial score (nSPS) is 19.6. The Hall–Kier alpha value is -1.62. The number of aromatic nitrogens is 1. The Morgan fingerprint density at radius 3 is 2.89 bits per heavy atom. The molecule has 1 aliphatic rings. The van der Waals surface area contributed by atoms with Gasteiger partial charge in [0, 0.05) is 37.6 Å². The molecule has 1 fully saturated rings. The summed E-state index contributed by atoms with van der Waals surface area (Å²) in [6.45, 7) is 3.55. The van der Waals surface area contributed by atoms with Crippen LogP contribution >= 0.6 is 0 Å². The smallest absolute Gasteiger partial charge is 0.259 e. The van der Waals surface area contributed by atoms with Gasteiger partial charge in [-0.05, 0) is 33.4 Å². The van der Waals surface area contributed by atoms with E-state index in [1.165, 1.54) is 18.7 Å². The van der Waals surface area contributed by atoms with Crippen LogP contribution in [0.25, 0.3) is 0 Å². The lowest BCUT2D eigenvalue weighted by Gasteiger charge is -2.25. The zero-order chi connectivity index (χ0) is 14.0. The molecule has 1 atom stereocenters. The lowest BCUT2D eigenvalue weighted by molar-refractivity contribution is 0.0760. The van der Waals surface area contributed by atoms with E-state index < -0.39 is 0 Å². The van der Waals surface area contributed by atoms with Crippen molar-refractivity contribution in [1.82, 2.24) is 14.8 Å².